The summed E-state index contributed by atoms with van der Waals surface area (Å²) in [6, 6.07) is 30.6. The third-order valence-electron chi connectivity index (χ3n) is 4.61. The van der Waals surface area contributed by atoms with Gasteiger partial charge in [-0.15, -0.1) is 0 Å². The highest BCUT2D eigenvalue weighted by Crippen LogP contribution is 2.42. The maximum Gasteiger partial charge on any atom is 0.171 e. The van der Waals surface area contributed by atoms with E-state index in [4.69, 9.17) is 0 Å². The van der Waals surface area contributed by atoms with Gasteiger partial charge in [0, 0.05) is 21.5 Å². The molecule has 4 aromatic carbocycles. The summed E-state index contributed by atoms with van der Waals surface area (Å²) < 4.78 is 14.4. The third-order valence-corrected chi connectivity index (χ3v) is 7.67. The lowest BCUT2D eigenvalue weighted by Crippen LogP contribution is -2.25. The van der Waals surface area contributed by atoms with E-state index in [2.05, 4.69) is 0 Å². The monoisotopic (exact) mass is 356 g/mol. The van der Waals surface area contributed by atoms with Gasteiger partial charge in [-0.05, 0) is 16.8 Å². The zero-order chi connectivity index (χ0) is 18.0. The van der Waals surface area contributed by atoms with Gasteiger partial charge >= 0.3 is 0 Å². The van der Waals surface area contributed by atoms with E-state index < -0.39 is 7.14 Å². The summed E-state index contributed by atoms with van der Waals surface area (Å²) in [7, 11) is -3.03. The number of hydrogen-bond acceptors (Lipinski definition) is 2. The van der Waals surface area contributed by atoms with E-state index in [1.165, 1.54) is 0 Å². The van der Waals surface area contributed by atoms with Gasteiger partial charge in [0.15, 0.2) is 7.14 Å². The first-order valence-electron chi connectivity index (χ1n) is 8.43. The van der Waals surface area contributed by atoms with Gasteiger partial charge in [-0.2, -0.15) is 0 Å². The SMILES string of the molecule is O=Cc1ccc(P(=O)(c2ccccc2)c2ccc3ccccc3c2)cc1. The number of benzene rings is 4. The van der Waals surface area contributed by atoms with E-state index in [1.54, 1.807) is 24.3 Å². The molecule has 1 unspecified atom stereocenters. The largest absolute Gasteiger partial charge is 0.309 e. The molecular formula is C23H17O2P. The highest BCUT2D eigenvalue weighted by atomic mass is 31.2. The predicted octanol–water partition coefficient (Wildman–Crippen LogP) is 4.29. The van der Waals surface area contributed by atoms with E-state index in [0.717, 1.165) is 33.0 Å². The van der Waals surface area contributed by atoms with Crippen LogP contribution in [0.4, 0.5) is 0 Å². The Hall–Kier alpha value is -2.96. The van der Waals surface area contributed by atoms with Gasteiger partial charge in [-0.1, -0.05) is 91.0 Å². The lowest BCUT2D eigenvalue weighted by Gasteiger charge is -2.20. The first kappa shape index (κ1) is 16.5. The zero-order valence-electron chi connectivity index (χ0n) is 14.1. The lowest BCUT2D eigenvalue weighted by molar-refractivity contribution is 0.112. The Bertz CT molecular complexity index is 1120. The Morgan fingerprint density at radius 1 is 0.577 bits per heavy atom. The van der Waals surface area contributed by atoms with Crippen molar-refractivity contribution in [2.45, 2.75) is 0 Å². The molecule has 0 aliphatic carbocycles. The molecule has 1 atom stereocenters. The van der Waals surface area contributed by atoms with E-state index in [1.807, 2.05) is 72.8 Å². The molecule has 0 bridgehead atoms. The minimum absolute atomic E-state index is 0.576. The quantitative estimate of drug-likeness (QED) is 0.404. The highest BCUT2D eigenvalue weighted by molar-refractivity contribution is 7.85. The molecule has 0 aliphatic rings. The standard InChI is InChI=1S/C23H17O2P/c24-17-18-10-13-22(14-11-18)26(25,21-8-2-1-3-9-21)23-15-12-19-6-4-5-7-20(19)16-23/h1-17H. The number of carbonyl (C=O) groups excluding carboxylic acids is 1. The molecule has 0 heterocycles. The molecular weight excluding hydrogens is 339 g/mol. The van der Waals surface area contributed by atoms with Crippen LogP contribution in [0.3, 0.4) is 0 Å². The summed E-state index contributed by atoms with van der Waals surface area (Å²) in [4.78, 5) is 11.0. The van der Waals surface area contributed by atoms with E-state index in [0.29, 0.717) is 5.56 Å². The maximum absolute atomic E-state index is 14.4. The first-order valence-corrected chi connectivity index (χ1v) is 10.1. The van der Waals surface area contributed by atoms with Crippen molar-refractivity contribution in [1.82, 2.24) is 0 Å². The Labute approximate surface area is 152 Å². The molecule has 0 aromatic heterocycles. The molecule has 0 aliphatic heterocycles. The smallest absolute Gasteiger partial charge is 0.171 e. The van der Waals surface area contributed by atoms with Gasteiger partial charge in [-0.3, -0.25) is 4.79 Å². The summed E-state index contributed by atoms with van der Waals surface area (Å²) in [5.74, 6) is 0. The summed E-state index contributed by atoms with van der Waals surface area (Å²) in [5.41, 5.74) is 0.576. The topological polar surface area (TPSA) is 34.1 Å². The average molecular weight is 356 g/mol. The van der Waals surface area contributed by atoms with Crippen LogP contribution in [-0.4, -0.2) is 6.29 Å². The van der Waals surface area contributed by atoms with Crippen LogP contribution < -0.4 is 15.9 Å². The fourth-order valence-electron chi connectivity index (χ4n) is 3.22. The van der Waals surface area contributed by atoms with Crippen LogP contribution in [0.5, 0.6) is 0 Å². The van der Waals surface area contributed by atoms with Crippen molar-refractivity contribution in [1.29, 1.82) is 0 Å². The molecule has 0 saturated heterocycles. The normalized spacial score (nSPS) is 13.2. The second kappa shape index (κ2) is 6.74. The summed E-state index contributed by atoms with van der Waals surface area (Å²) in [5, 5.41) is 4.48. The number of rotatable bonds is 4. The van der Waals surface area contributed by atoms with Gasteiger partial charge < -0.3 is 4.57 Å². The van der Waals surface area contributed by atoms with Crippen molar-refractivity contribution < 1.29 is 9.36 Å². The fraction of sp³-hybridized carbons (Fsp3) is 0. The Kier molecular flexibility index (Phi) is 4.28. The molecule has 4 rings (SSSR count). The molecule has 0 spiro atoms. The molecule has 2 nitrogen and oxygen atoms in total. The summed E-state index contributed by atoms with van der Waals surface area (Å²) in [6.45, 7) is 0. The second-order valence-electron chi connectivity index (χ2n) is 6.19. The van der Waals surface area contributed by atoms with Crippen LogP contribution in [0.25, 0.3) is 10.8 Å². The number of aldehydes is 1. The Morgan fingerprint density at radius 2 is 1.15 bits per heavy atom. The first-order chi connectivity index (χ1) is 12.7. The van der Waals surface area contributed by atoms with Gasteiger partial charge in [-0.25, -0.2) is 0 Å². The molecule has 126 valence electrons. The average Bonchev–Trinajstić information content (AvgIpc) is 2.73. The van der Waals surface area contributed by atoms with Crippen LogP contribution in [0.15, 0.2) is 97.1 Å². The van der Waals surface area contributed by atoms with Gasteiger partial charge in [0.05, 0.1) is 0 Å². The number of hydrogen-bond donors (Lipinski definition) is 0. The molecule has 0 N–H and O–H groups in total. The van der Waals surface area contributed by atoms with Crippen molar-refractivity contribution in [3.8, 4) is 0 Å². The summed E-state index contributed by atoms with van der Waals surface area (Å²) in [6.07, 6.45) is 0.799. The van der Waals surface area contributed by atoms with Crippen LogP contribution in [0.1, 0.15) is 10.4 Å². The fourth-order valence-corrected chi connectivity index (χ4v) is 5.88. The van der Waals surface area contributed by atoms with E-state index in [9.17, 15) is 9.36 Å². The van der Waals surface area contributed by atoms with Crippen LogP contribution >= 0.6 is 7.14 Å². The highest BCUT2D eigenvalue weighted by Gasteiger charge is 2.29. The maximum atomic E-state index is 14.4. The minimum atomic E-state index is -3.03. The molecule has 4 aromatic rings. The zero-order valence-corrected chi connectivity index (χ0v) is 15.0. The van der Waals surface area contributed by atoms with E-state index in [-0.39, 0.29) is 0 Å². The molecule has 0 fully saturated rings. The molecule has 0 saturated carbocycles. The number of fused-ring (bicyclic) bond motifs is 1. The van der Waals surface area contributed by atoms with Gasteiger partial charge in [0.1, 0.15) is 6.29 Å². The third kappa shape index (κ3) is 2.79. The van der Waals surface area contributed by atoms with Crippen molar-refractivity contribution in [3.05, 3.63) is 103 Å². The van der Waals surface area contributed by atoms with Crippen LogP contribution in [-0.2, 0) is 4.57 Å². The van der Waals surface area contributed by atoms with Crippen molar-refractivity contribution in [2.24, 2.45) is 0 Å². The van der Waals surface area contributed by atoms with Crippen LogP contribution in [0.2, 0.25) is 0 Å². The summed E-state index contributed by atoms with van der Waals surface area (Å²) >= 11 is 0. The van der Waals surface area contributed by atoms with E-state index >= 15 is 0 Å². The molecule has 26 heavy (non-hydrogen) atoms. The van der Waals surface area contributed by atoms with Crippen molar-refractivity contribution in [2.75, 3.05) is 0 Å². The molecule has 3 heteroatoms. The minimum Gasteiger partial charge on any atom is -0.309 e. The van der Waals surface area contributed by atoms with Crippen LogP contribution in [0, 0.1) is 0 Å². The van der Waals surface area contributed by atoms with Gasteiger partial charge in [0.25, 0.3) is 0 Å². The lowest BCUT2D eigenvalue weighted by atomic mass is 10.1. The predicted molar refractivity (Wildman–Crippen MR) is 109 cm³/mol. The number of carbonyl (C=O) groups is 1. The van der Waals surface area contributed by atoms with Crippen molar-refractivity contribution in [3.63, 3.8) is 0 Å². The molecule has 0 amide bonds. The Balaban J connectivity index is 1.97. The van der Waals surface area contributed by atoms with Gasteiger partial charge in [0.2, 0.25) is 0 Å². The van der Waals surface area contributed by atoms with Crippen molar-refractivity contribution >= 4 is 40.1 Å². The second-order valence-corrected chi connectivity index (χ2v) is 8.95. The molecule has 0 radical (unpaired) electrons. The Morgan fingerprint density at radius 3 is 1.85 bits per heavy atom.